The van der Waals surface area contributed by atoms with Gasteiger partial charge in [0.1, 0.15) is 5.82 Å². The first-order valence-electron chi connectivity index (χ1n) is 5.89. The lowest BCUT2D eigenvalue weighted by atomic mass is 10.1. The lowest BCUT2D eigenvalue weighted by Gasteiger charge is -2.03. The van der Waals surface area contributed by atoms with Crippen LogP contribution in [-0.2, 0) is 6.42 Å². The Labute approximate surface area is 111 Å². The summed E-state index contributed by atoms with van der Waals surface area (Å²) in [6, 6.07) is 12.3. The molecule has 0 radical (unpaired) electrons. The Balaban J connectivity index is 2.00. The maximum Gasteiger partial charge on any atom is 0.117 e. The number of nitrogens with zero attached hydrogens (tertiary/aromatic N) is 2. The predicted octanol–water partition coefficient (Wildman–Crippen LogP) is 3.89. The minimum absolute atomic E-state index is 0.740. The first-order chi connectivity index (χ1) is 8.72. The standard InChI is InChI=1S/C15H13ClN2/c1-11-3-2-4-12(7-11)8-15-17-10-14-9-13(16)5-6-18(14)15/h2-7,9-10H,8H2,1H3. The molecule has 0 aliphatic carbocycles. The van der Waals surface area contributed by atoms with Gasteiger partial charge in [0.25, 0.3) is 0 Å². The van der Waals surface area contributed by atoms with E-state index in [1.54, 1.807) is 0 Å². The van der Waals surface area contributed by atoms with Crippen molar-refractivity contribution in [3.8, 4) is 0 Å². The molecule has 2 nitrogen and oxygen atoms in total. The summed E-state index contributed by atoms with van der Waals surface area (Å²) in [5.41, 5.74) is 3.58. The van der Waals surface area contributed by atoms with Crippen molar-refractivity contribution < 1.29 is 0 Å². The Morgan fingerprint density at radius 3 is 2.94 bits per heavy atom. The predicted molar refractivity (Wildman–Crippen MR) is 74.2 cm³/mol. The maximum absolute atomic E-state index is 5.97. The molecule has 18 heavy (non-hydrogen) atoms. The zero-order chi connectivity index (χ0) is 12.5. The summed E-state index contributed by atoms with van der Waals surface area (Å²) in [7, 11) is 0. The lowest BCUT2D eigenvalue weighted by Crippen LogP contribution is -1.96. The fourth-order valence-corrected chi connectivity index (χ4v) is 2.33. The van der Waals surface area contributed by atoms with Crippen molar-refractivity contribution in [1.82, 2.24) is 9.38 Å². The molecule has 2 heterocycles. The Morgan fingerprint density at radius 1 is 1.22 bits per heavy atom. The number of aryl methyl sites for hydroxylation is 1. The average molecular weight is 257 g/mol. The molecule has 0 aliphatic rings. The highest BCUT2D eigenvalue weighted by Crippen LogP contribution is 2.16. The van der Waals surface area contributed by atoms with Crippen molar-refractivity contribution in [2.24, 2.45) is 0 Å². The second-order valence-electron chi connectivity index (χ2n) is 4.48. The third-order valence-corrected chi connectivity index (χ3v) is 3.25. The zero-order valence-electron chi connectivity index (χ0n) is 10.1. The minimum Gasteiger partial charge on any atom is -0.303 e. The summed E-state index contributed by atoms with van der Waals surface area (Å²) in [6.45, 7) is 2.10. The van der Waals surface area contributed by atoms with E-state index in [9.17, 15) is 0 Å². The van der Waals surface area contributed by atoms with Gasteiger partial charge in [0.2, 0.25) is 0 Å². The molecule has 0 amide bonds. The number of benzene rings is 1. The van der Waals surface area contributed by atoms with E-state index < -0.39 is 0 Å². The number of aromatic nitrogens is 2. The summed E-state index contributed by atoms with van der Waals surface area (Å²) >= 11 is 5.97. The van der Waals surface area contributed by atoms with Gasteiger partial charge in [-0.3, -0.25) is 0 Å². The molecule has 1 aromatic carbocycles. The van der Waals surface area contributed by atoms with Crippen molar-refractivity contribution in [3.05, 3.63) is 70.8 Å². The lowest BCUT2D eigenvalue weighted by molar-refractivity contribution is 0.960. The Bertz CT molecular complexity index is 701. The topological polar surface area (TPSA) is 17.3 Å². The molecule has 0 spiro atoms. The molecule has 0 saturated carbocycles. The van der Waals surface area contributed by atoms with Crippen molar-refractivity contribution in [1.29, 1.82) is 0 Å². The first kappa shape index (κ1) is 11.3. The molecule has 90 valence electrons. The number of fused-ring (bicyclic) bond motifs is 1. The number of rotatable bonds is 2. The van der Waals surface area contributed by atoms with Crippen molar-refractivity contribution in [2.75, 3.05) is 0 Å². The number of pyridine rings is 1. The van der Waals surface area contributed by atoms with E-state index in [-0.39, 0.29) is 0 Å². The highest BCUT2D eigenvalue weighted by Gasteiger charge is 2.05. The van der Waals surface area contributed by atoms with Crippen LogP contribution in [0.2, 0.25) is 5.02 Å². The van der Waals surface area contributed by atoms with Crippen LogP contribution in [0.15, 0.2) is 48.8 Å². The molecular formula is C15H13ClN2. The van der Waals surface area contributed by atoms with Crippen LogP contribution in [0.3, 0.4) is 0 Å². The smallest absolute Gasteiger partial charge is 0.117 e. The monoisotopic (exact) mass is 256 g/mol. The fraction of sp³-hybridized carbons (Fsp3) is 0.133. The van der Waals surface area contributed by atoms with Crippen LogP contribution in [0.4, 0.5) is 0 Å². The summed E-state index contributed by atoms with van der Waals surface area (Å²) in [6.07, 6.45) is 4.66. The van der Waals surface area contributed by atoms with Crippen LogP contribution in [0.1, 0.15) is 17.0 Å². The molecule has 3 aromatic rings. The fourth-order valence-electron chi connectivity index (χ4n) is 2.16. The molecule has 0 fully saturated rings. The van der Waals surface area contributed by atoms with Gasteiger partial charge in [0, 0.05) is 17.6 Å². The quantitative estimate of drug-likeness (QED) is 0.680. The largest absolute Gasteiger partial charge is 0.303 e. The van der Waals surface area contributed by atoms with Gasteiger partial charge in [-0.1, -0.05) is 41.4 Å². The van der Waals surface area contributed by atoms with Crippen LogP contribution in [0, 0.1) is 6.92 Å². The molecule has 0 saturated heterocycles. The highest BCUT2D eigenvalue weighted by molar-refractivity contribution is 6.30. The Morgan fingerprint density at radius 2 is 2.11 bits per heavy atom. The molecular weight excluding hydrogens is 244 g/mol. The van der Waals surface area contributed by atoms with Crippen molar-refractivity contribution in [2.45, 2.75) is 13.3 Å². The van der Waals surface area contributed by atoms with Gasteiger partial charge in [0.15, 0.2) is 0 Å². The van der Waals surface area contributed by atoms with E-state index in [0.29, 0.717) is 0 Å². The van der Waals surface area contributed by atoms with Crippen LogP contribution in [0.25, 0.3) is 5.52 Å². The summed E-state index contributed by atoms with van der Waals surface area (Å²) in [5, 5.41) is 0.740. The Hall–Kier alpha value is -1.80. The normalized spacial score (nSPS) is 11.0. The van der Waals surface area contributed by atoms with Gasteiger partial charge in [0.05, 0.1) is 11.7 Å². The first-order valence-corrected chi connectivity index (χ1v) is 6.27. The Kier molecular flexibility index (Phi) is 2.80. The molecule has 0 unspecified atom stereocenters. The average Bonchev–Trinajstić information content (AvgIpc) is 2.72. The second-order valence-corrected chi connectivity index (χ2v) is 4.92. The molecule has 3 rings (SSSR count). The number of hydrogen-bond donors (Lipinski definition) is 0. The third-order valence-electron chi connectivity index (χ3n) is 3.02. The summed E-state index contributed by atoms with van der Waals surface area (Å²) < 4.78 is 2.08. The van der Waals surface area contributed by atoms with Crippen LogP contribution in [0.5, 0.6) is 0 Å². The van der Waals surface area contributed by atoms with E-state index in [1.807, 2.05) is 24.5 Å². The third kappa shape index (κ3) is 2.12. The van der Waals surface area contributed by atoms with Crippen LogP contribution in [-0.4, -0.2) is 9.38 Å². The molecule has 0 atom stereocenters. The van der Waals surface area contributed by atoms with Gasteiger partial charge in [-0.2, -0.15) is 0 Å². The van der Waals surface area contributed by atoms with Gasteiger partial charge >= 0.3 is 0 Å². The number of halogens is 1. The molecule has 0 N–H and O–H groups in total. The second kappa shape index (κ2) is 4.46. The minimum atomic E-state index is 0.740. The molecule has 3 heteroatoms. The van der Waals surface area contributed by atoms with E-state index in [2.05, 4.69) is 40.6 Å². The highest BCUT2D eigenvalue weighted by atomic mass is 35.5. The molecule has 0 aliphatic heterocycles. The number of hydrogen-bond acceptors (Lipinski definition) is 1. The van der Waals surface area contributed by atoms with Crippen molar-refractivity contribution >= 4 is 17.1 Å². The molecule has 0 bridgehead atoms. The van der Waals surface area contributed by atoms with Gasteiger partial charge in [-0.15, -0.1) is 0 Å². The summed E-state index contributed by atoms with van der Waals surface area (Å²) in [5.74, 6) is 1.03. The van der Waals surface area contributed by atoms with E-state index >= 15 is 0 Å². The van der Waals surface area contributed by atoms with Crippen molar-refractivity contribution in [3.63, 3.8) is 0 Å². The van der Waals surface area contributed by atoms with E-state index in [0.717, 1.165) is 22.8 Å². The summed E-state index contributed by atoms with van der Waals surface area (Å²) in [4.78, 5) is 4.47. The maximum atomic E-state index is 5.97. The van der Waals surface area contributed by atoms with Crippen LogP contribution < -0.4 is 0 Å². The van der Waals surface area contributed by atoms with Gasteiger partial charge < -0.3 is 4.40 Å². The van der Waals surface area contributed by atoms with Gasteiger partial charge in [-0.05, 0) is 24.6 Å². The SMILES string of the molecule is Cc1cccc(Cc2ncc3cc(Cl)ccn23)c1. The van der Waals surface area contributed by atoms with E-state index in [4.69, 9.17) is 11.6 Å². The zero-order valence-corrected chi connectivity index (χ0v) is 10.9. The van der Waals surface area contributed by atoms with E-state index in [1.165, 1.54) is 11.1 Å². The van der Waals surface area contributed by atoms with Crippen LogP contribution >= 0.6 is 11.6 Å². The molecule has 2 aromatic heterocycles. The van der Waals surface area contributed by atoms with Gasteiger partial charge in [-0.25, -0.2) is 4.98 Å². The number of imidazole rings is 1.